The molecule has 1 aromatic carbocycles. The van der Waals surface area contributed by atoms with E-state index < -0.39 is 30.1 Å². The first-order valence-electron chi connectivity index (χ1n) is 8.74. The number of amides is 2. The Bertz CT molecular complexity index is 736. The van der Waals surface area contributed by atoms with Gasteiger partial charge in [0.2, 0.25) is 5.91 Å². The molecule has 1 aliphatic carbocycles. The summed E-state index contributed by atoms with van der Waals surface area (Å²) in [5.41, 5.74) is -0.156. The molecule has 27 heavy (non-hydrogen) atoms. The number of nitrogens with zero attached hydrogens (tertiary/aromatic N) is 1. The first-order valence-corrected chi connectivity index (χ1v) is 9.12. The number of hydrogen-bond acceptors (Lipinski definition) is 5. The molecular formula is C19H22ClN3O4. The van der Waals surface area contributed by atoms with Crippen molar-refractivity contribution in [2.75, 3.05) is 6.61 Å². The average molecular weight is 392 g/mol. The van der Waals surface area contributed by atoms with E-state index in [0.29, 0.717) is 23.4 Å². The zero-order valence-corrected chi connectivity index (χ0v) is 15.8. The van der Waals surface area contributed by atoms with Crippen LogP contribution in [-0.4, -0.2) is 29.9 Å². The number of benzene rings is 1. The molecule has 0 aliphatic heterocycles. The summed E-state index contributed by atoms with van der Waals surface area (Å²) >= 11 is 5.86. The van der Waals surface area contributed by atoms with Crippen LogP contribution in [0.2, 0.25) is 5.02 Å². The Morgan fingerprint density at radius 2 is 1.89 bits per heavy atom. The van der Waals surface area contributed by atoms with Gasteiger partial charge in [0.15, 0.2) is 6.61 Å². The second-order valence-electron chi connectivity index (χ2n) is 6.62. The van der Waals surface area contributed by atoms with E-state index >= 15 is 0 Å². The van der Waals surface area contributed by atoms with Crippen molar-refractivity contribution in [2.24, 2.45) is 0 Å². The van der Waals surface area contributed by atoms with Crippen LogP contribution in [0.1, 0.15) is 50.6 Å². The van der Waals surface area contributed by atoms with E-state index in [0.717, 1.165) is 12.8 Å². The van der Waals surface area contributed by atoms with Crippen molar-refractivity contribution in [3.63, 3.8) is 0 Å². The molecule has 0 bridgehead atoms. The lowest BCUT2D eigenvalue weighted by atomic mass is 10.00. The highest BCUT2D eigenvalue weighted by Crippen LogP contribution is 2.28. The monoisotopic (exact) mass is 391 g/mol. The summed E-state index contributed by atoms with van der Waals surface area (Å²) in [4.78, 5) is 35.6. The van der Waals surface area contributed by atoms with Gasteiger partial charge >= 0.3 is 5.97 Å². The molecule has 0 saturated heterocycles. The minimum atomic E-state index is -0.856. The highest BCUT2D eigenvalue weighted by atomic mass is 35.5. The van der Waals surface area contributed by atoms with Gasteiger partial charge in [-0.25, -0.2) is 0 Å². The van der Waals surface area contributed by atoms with Crippen molar-refractivity contribution in [2.45, 2.75) is 50.6 Å². The Labute approximate surface area is 163 Å². The molecule has 0 heterocycles. The van der Waals surface area contributed by atoms with Crippen LogP contribution < -0.4 is 10.6 Å². The van der Waals surface area contributed by atoms with Crippen molar-refractivity contribution in [1.82, 2.24) is 10.6 Å². The lowest BCUT2D eigenvalue weighted by molar-refractivity contribution is -0.149. The summed E-state index contributed by atoms with van der Waals surface area (Å²) in [6.45, 7) is 0.889. The van der Waals surface area contributed by atoms with E-state index in [2.05, 4.69) is 16.7 Å². The van der Waals surface area contributed by atoms with Gasteiger partial charge in [-0.3, -0.25) is 14.4 Å². The number of rotatable bonds is 7. The third-order valence-corrected chi connectivity index (χ3v) is 4.69. The van der Waals surface area contributed by atoms with Gasteiger partial charge in [0.25, 0.3) is 5.91 Å². The molecule has 0 radical (unpaired) electrons. The van der Waals surface area contributed by atoms with E-state index in [1.165, 1.54) is 6.92 Å². The molecular weight excluding hydrogens is 370 g/mol. The third kappa shape index (κ3) is 6.26. The first kappa shape index (κ1) is 20.7. The predicted octanol–water partition coefficient (Wildman–Crippen LogP) is 2.40. The van der Waals surface area contributed by atoms with Crippen LogP contribution in [0.3, 0.4) is 0 Å². The van der Waals surface area contributed by atoms with Crippen molar-refractivity contribution in [1.29, 1.82) is 5.26 Å². The molecule has 1 atom stereocenters. The molecule has 1 saturated carbocycles. The summed E-state index contributed by atoms with van der Waals surface area (Å²) in [7, 11) is 0. The Morgan fingerprint density at radius 1 is 1.26 bits per heavy atom. The van der Waals surface area contributed by atoms with E-state index in [4.69, 9.17) is 16.3 Å². The molecule has 2 rings (SSSR count). The van der Waals surface area contributed by atoms with Gasteiger partial charge in [0.05, 0.1) is 18.5 Å². The maximum absolute atomic E-state index is 12.1. The largest absolute Gasteiger partial charge is 0.456 e. The quantitative estimate of drug-likeness (QED) is 0.694. The fourth-order valence-corrected chi connectivity index (χ4v) is 3.24. The third-order valence-electron chi connectivity index (χ3n) is 4.43. The minimum absolute atomic E-state index is 0.127. The Hall–Kier alpha value is -2.59. The molecule has 1 unspecified atom stereocenters. The summed E-state index contributed by atoms with van der Waals surface area (Å²) in [5.74, 6) is -1.43. The number of hydrogen-bond donors (Lipinski definition) is 2. The zero-order chi connectivity index (χ0) is 19.9. The second-order valence-corrected chi connectivity index (χ2v) is 7.06. The number of nitriles is 1. The van der Waals surface area contributed by atoms with Crippen LogP contribution in [0.15, 0.2) is 24.3 Å². The van der Waals surface area contributed by atoms with E-state index in [-0.39, 0.29) is 12.3 Å². The SMILES string of the molecule is CC(=O)NC(CC(=O)OCC(=O)NC1(C#N)CCCC1)c1ccc(Cl)cc1. The van der Waals surface area contributed by atoms with Gasteiger partial charge in [-0.15, -0.1) is 0 Å². The lowest BCUT2D eigenvalue weighted by Gasteiger charge is -2.22. The van der Waals surface area contributed by atoms with E-state index in [1.807, 2.05) is 0 Å². The first-order chi connectivity index (χ1) is 12.8. The maximum Gasteiger partial charge on any atom is 0.308 e. The van der Waals surface area contributed by atoms with Gasteiger partial charge < -0.3 is 15.4 Å². The molecule has 2 N–H and O–H groups in total. The van der Waals surface area contributed by atoms with Crippen molar-refractivity contribution in [3.05, 3.63) is 34.9 Å². The molecule has 1 aliphatic rings. The van der Waals surface area contributed by atoms with Crippen LogP contribution in [0.25, 0.3) is 0 Å². The predicted molar refractivity (Wildman–Crippen MR) is 98.5 cm³/mol. The molecule has 0 aromatic heterocycles. The molecule has 144 valence electrons. The molecule has 2 amide bonds. The van der Waals surface area contributed by atoms with Gasteiger partial charge in [-0.1, -0.05) is 23.7 Å². The Kier molecular flexibility index (Phi) is 7.19. The van der Waals surface area contributed by atoms with Crippen LogP contribution in [0, 0.1) is 11.3 Å². The van der Waals surface area contributed by atoms with Gasteiger partial charge in [-0.2, -0.15) is 5.26 Å². The average Bonchev–Trinajstić information content (AvgIpc) is 3.08. The van der Waals surface area contributed by atoms with Crippen LogP contribution in [-0.2, 0) is 19.1 Å². The summed E-state index contributed by atoms with van der Waals surface area (Å²) in [6, 6.07) is 8.29. The van der Waals surface area contributed by atoms with Gasteiger partial charge in [0, 0.05) is 11.9 Å². The van der Waals surface area contributed by atoms with Crippen LogP contribution in [0.4, 0.5) is 0 Å². The van der Waals surface area contributed by atoms with E-state index in [9.17, 15) is 19.6 Å². The lowest BCUT2D eigenvalue weighted by Crippen LogP contribution is -2.46. The number of nitrogens with one attached hydrogen (secondary N) is 2. The Morgan fingerprint density at radius 3 is 2.44 bits per heavy atom. The van der Waals surface area contributed by atoms with Crippen LogP contribution in [0.5, 0.6) is 0 Å². The van der Waals surface area contributed by atoms with Crippen molar-refractivity contribution < 1.29 is 19.1 Å². The normalized spacial score (nSPS) is 16.0. The molecule has 0 spiro atoms. The van der Waals surface area contributed by atoms with Crippen molar-refractivity contribution in [3.8, 4) is 6.07 Å². The van der Waals surface area contributed by atoms with Crippen molar-refractivity contribution >= 4 is 29.4 Å². The van der Waals surface area contributed by atoms with Gasteiger partial charge in [-0.05, 0) is 43.4 Å². The molecule has 7 nitrogen and oxygen atoms in total. The smallest absolute Gasteiger partial charge is 0.308 e. The zero-order valence-electron chi connectivity index (χ0n) is 15.1. The summed E-state index contributed by atoms with van der Waals surface area (Å²) in [5, 5.41) is 15.1. The fourth-order valence-electron chi connectivity index (χ4n) is 3.11. The summed E-state index contributed by atoms with van der Waals surface area (Å²) < 4.78 is 5.02. The number of halogens is 1. The number of ether oxygens (including phenoxy) is 1. The highest BCUT2D eigenvalue weighted by Gasteiger charge is 2.35. The van der Waals surface area contributed by atoms with Gasteiger partial charge in [0.1, 0.15) is 5.54 Å². The number of carbonyl (C=O) groups excluding carboxylic acids is 3. The maximum atomic E-state index is 12.1. The minimum Gasteiger partial charge on any atom is -0.456 e. The number of carbonyl (C=O) groups is 3. The topological polar surface area (TPSA) is 108 Å². The molecule has 8 heteroatoms. The number of esters is 1. The molecule has 1 aromatic rings. The highest BCUT2D eigenvalue weighted by molar-refractivity contribution is 6.30. The van der Waals surface area contributed by atoms with E-state index in [1.54, 1.807) is 24.3 Å². The summed E-state index contributed by atoms with van der Waals surface area (Å²) in [6.07, 6.45) is 2.84. The van der Waals surface area contributed by atoms with Crippen LogP contribution >= 0.6 is 11.6 Å². The standard InChI is InChI=1S/C19H22ClN3O4/c1-13(24)22-16(14-4-6-15(20)7-5-14)10-18(26)27-11-17(25)23-19(12-21)8-2-3-9-19/h4-7,16H,2-3,8-11H2,1H3,(H,22,24)(H,23,25). The Balaban J connectivity index is 1.89. The fraction of sp³-hybridized carbons (Fsp3) is 0.474. The second kappa shape index (κ2) is 9.38. The molecule has 1 fully saturated rings.